The Morgan fingerprint density at radius 2 is 1.85 bits per heavy atom. The van der Waals surface area contributed by atoms with E-state index in [0.717, 1.165) is 0 Å². The number of hydrogen-bond donors (Lipinski definition) is 4. The molecule has 3 amide bonds. The SMILES string of the molecule is CC(C)(C)OC(=O)N[C@@H](CC(N)=O)C(=O)Nc1cccc(-c2nc(N)nc3ccc(Cl)cc23)c1. The smallest absolute Gasteiger partial charge is 0.408 e. The summed E-state index contributed by atoms with van der Waals surface area (Å²) in [6.07, 6.45) is -1.25. The summed E-state index contributed by atoms with van der Waals surface area (Å²) in [4.78, 5) is 45.0. The molecule has 3 rings (SSSR count). The summed E-state index contributed by atoms with van der Waals surface area (Å²) in [7, 11) is 0. The van der Waals surface area contributed by atoms with Crippen molar-refractivity contribution in [1.82, 2.24) is 15.3 Å². The molecule has 0 radical (unpaired) electrons. The lowest BCUT2D eigenvalue weighted by molar-refractivity contribution is -0.124. The van der Waals surface area contributed by atoms with Crippen LogP contribution in [-0.2, 0) is 14.3 Å². The Morgan fingerprint density at radius 3 is 2.53 bits per heavy atom. The van der Waals surface area contributed by atoms with Gasteiger partial charge in [-0.15, -0.1) is 0 Å². The molecule has 0 aliphatic heterocycles. The van der Waals surface area contributed by atoms with Crippen molar-refractivity contribution in [2.45, 2.75) is 38.8 Å². The van der Waals surface area contributed by atoms with Gasteiger partial charge in [0.2, 0.25) is 17.8 Å². The molecule has 11 heteroatoms. The maximum absolute atomic E-state index is 12.9. The van der Waals surface area contributed by atoms with Crippen LogP contribution in [0.5, 0.6) is 0 Å². The quantitative estimate of drug-likeness (QED) is 0.417. The lowest BCUT2D eigenvalue weighted by atomic mass is 10.1. The molecule has 0 aliphatic rings. The third-order valence-electron chi connectivity index (χ3n) is 4.49. The minimum Gasteiger partial charge on any atom is -0.444 e. The third-order valence-corrected chi connectivity index (χ3v) is 4.73. The fourth-order valence-corrected chi connectivity index (χ4v) is 3.34. The van der Waals surface area contributed by atoms with Crippen molar-refractivity contribution in [3.8, 4) is 11.3 Å². The number of amides is 3. The maximum atomic E-state index is 12.9. The second kappa shape index (κ2) is 9.92. The Kier molecular flexibility index (Phi) is 7.21. The molecule has 0 aliphatic carbocycles. The maximum Gasteiger partial charge on any atom is 0.408 e. The van der Waals surface area contributed by atoms with Crippen LogP contribution < -0.4 is 22.1 Å². The number of hydrogen-bond acceptors (Lipinski definition) is 7. The average molecular weight is 485 g/mol. The van der Waals surface area contributed by atoms with Gasteiger partial charge in [0.25, 0.3) is 0 Å². The summed E-state index contributed by atoms with van der Waals surface area (Å²) >= 11 is 6.15. The van der Waals surface area contributed by atoms with Crippen LogP contribution in [0.25, 0.3) is 22.2 Å². The third kappa shape index (κ3) is 6.55. The number of nitrogens with one attached hydrogen (secondary N) is 2. The van der Waals surface area contributed by atoms with Gasteiger partial charge in [0, 0.05) is 21.7 Å². The van der Waals surface area contributed by atoms with E-state index in [4.69, 9.17) is 27.8 Å². The molecule has 178 valence electrons. The highest BCUT2D eigenvalue weighted by atomic mass is 35.5. The van der Waals surface area contributed by atoms with Gasteiger partial charge < -0.3 is 26.8 Å². The number of anilines is 2. The van der Waals surface area contributed by atoms with E-state index in [2.05, 4.69) is 20.6 Å². The number of aromatic nitrogens is 2. The number of ether oxygens (including phenoxy) is 1. The van der Waals surface area contributed by atoms with Gasteiger partial charge in [-0.05, 0) is 51.1 Å². The van der Waals surface area contributed by atoms with Crippen LogP contribution in [0.3, 0.4) is 0 Å². The first kappa shape index (κ1) is 24.7. The molecule has 0 spiro atoms. The van der Waals surface area contributed by atoms with Gasteiger partial charge in [0.05, 0.1) is 17.6 Å². The lowest BCUT2D eigenvalue weighted by Crippen LogP contribution is -2.47. The molecule has 10 nitrogen and oxygen atoms in total. The van der Waals surface area contributed by atoms with Crippen molar-refractivity contribution in [1.29, 1.82) is 0 Å². The van der Waals surface area contributed by atoms with Crippen LogP contribution >= 0.6 is 11.6 Å². The number of carbonyl (C=O) groups excluding carboxylic acids is 3. The first-order chi connectivity index (χ1) is 15.9. The Morgan fingerprint density at radius 1 is 1.12 bits per heavy atom. The first-order valence-corrected chi connectivity index (χ1v) is 10.7. The number of rotatable bonds is 6. The van der Waals surface area contributed by atoms with Crippen LogP contribution in [0.2, 0.25) is 5.02 Å². The fourth-order valence-electron chi connectivity index (χ4n) is 3.17. The topological polar surface area (TPSA) is 162 Å². The number of nitrogen functional groups attached to an aromatic ring is 1. The fraction of sp³-hybridized carbons (Fsp3) is 0.261. The average Bonchev–Trinajstić information content (AvgIpc) is 2.71. The summed E-state index contributed by atoms with van der Waals surface area (Å²) in [6, 6.07) is 10.8. The monoisotopic (exact) mass is 484 g/mol. The molecule has 0 saturated carbocycles. The van der Waals surface area contributed by atoms with E-state index in [1.807, 2.05) is 0 Å². The zero-order chi connectivity index (χ0) is 25.0. The molecule has 6 N–H and O–H groups in total. The second-order valence-corrected chi connectivity index (χ2v) is 8.97. The highest BCUT2D eigenvalue weighted by molar-refractivity contribution is 6.31. The molecule has 0 bridgehead atoms. The number of nitrogens with two attached hydrogens (primary N) is 2. The Hall–Kier alpha value is -3.92. The van der Waals surface area contributed by atoms with Crippen LogP contribution in [0, 0.1) is 0 Å². The highest BCUT2D eigenvalue weighted by Gasteiger charge is 2.26. The molecule has 2 aromatic carbocycles. The number of carbonyl (C=O) groups is 3. The van der Waals surface area contributed by atoms with Crippen molar-refractivity contribution in [3.63, 3.8) is 0 Å². The highest BCUT2D eigenvalue weighted by Crippen LogP contribution is 2.30. The largest absolute Gasteiger partial charge is 0.444 e. The van der Waals surface area contributed by atoms with E-state index in [1.54, 1.807) is 63.2 Å². The minimum atomic E-state index is -1.23. The van der Waals surface area contributed by atoms with Gasteiger partial charge in [-0.1, -0.05) is 23.7 Å². The predicted molar refractivity (Wildman–Crippen MR) is 130 cm³/mol. The Balaban J connectivity index is 1.87. The normalized spacial score (nSPS) is 12.1. The molecular formula is C23H25ClN6O4. The number of fused-ring (bicyclic) bond motifs is 1. The standard InChI is InChI=1S/C23H25ClN6O4/c1-23(2,3)34-22(33)29-17(11-18(25)31)20(32)27-14-6-4-5-12(9-14)19-15-10-13(24)7-8-16(15)28-21(26)30-19/h4-10,17H,11H2,1-3H3,(H2,25,31)(H,27,32)(H,29,33)(H2,26,28,30)/t17-/m0/s1. The van der Waals surface area contributed by atoms with Crippen molar-refractivity contribution in [2.75, 3.05) is 11.1 Å². The van der Waals surface area contributed by atoms with Crippen LogP contribution in [0.15, 0.2) is 42.5 Å². The Bertz CT molecular complexity index is 1260. The molecule has 0 unspecified atom stereocenters. The summed E-state index contributed by atoms with van der Waals surface area (Å²) < 4.78 is 5.17. The number of nitrogens with zero attached hydrogens (tertiary/aromatic N) is 2. The first-order valence-electron chi connectivity index (χ1n) is 10.3. The van der Waals surface area contributed by atoms with Crippen LogP contribution in [0.1, 0.15) is 27.2 Å². The molecule has 34 heavy (non-hydrogen) atoms. The number of benzene rings is 2. The van der Waals surface area contributed by atoms with Crippen LogP contribution in [0.4, 0.5) is 16.4 Å². The number of alkyl carbamates (subject to hydrolysis) is 1. The zero-order valence-corrected chi connectivity index (χ0v) is 19.6. The van der Waals surface area contributed by atoms with Crippen molar-refractivity contribution in [3.05, 3.63) is 47.5 Å². The van der Waals surface area contributed by atoms with E-state index in [-0.39, 0.29) is 5.95 Å². The molecule has 0 fully saturated rings. The zero-order valence-electron chi connectivity index (χ0n) is 18.9. The summed E-state index contributed by atoms with van der Waals surface area (Å²) in [6.45, 7) is 5.04. The van der Waals surface area contributed by atoms with E-state index in [9.17, 15) is 14.4 Å². The van der Waals surface area contributed by atoms with Gasteiger partial charge in [0.15, 0.2) is 0 Å². The van der Waals surface area contributed by atoms with E-state index in [0.29, 0.717) is 32.9 Å². The Labute approximate surface area is 201 Å². The van der Waals surface area contributed by atoms with Gasteiger partial charge >= 0.3 is 6.09 Å². The molecule has 1 atom stereocenters. The lowest BCUT2D eigenvalue weighted by Gasteiger charge is -2.23. The van der Waals surface area contributed by atoms with Crippen LogP contribution in [-0.4, -0.2) is 39.5 Å². The predicted octanol–water partition coefficient (Wildman–Crippen LogP) is 3.24. The van der Waals surface area contributed by atoms with E-state index < -0.39 is 36.0 Å². The van der Waals surface area contributed by atoms with Gasteiger partial charge in [-0.3, -0.25) is 9.59 Å². The molecule has 1 aromatic heterocycles. The van der Waals surface area contributed by atoms with Gasteiger partial charge in [-0.2, -0.15) is 0 Å². The number of primary amides is 1. The summed E-state index contributed by atoms with van der Waals surface area (Å²) in [5, 5.41) is 6.26. The van der Waals surface area contributed by atoms with E-state index >= 15 is 0 Å². The summed E-state index contributed by atoms with van der Waals surface area (Å²) in [5.41, 5.74) is 12.5. The van der Waals surface area contributed by atoms with Gasteiger partial charge in [0.1, 0.15) is 11.6 Å². The van der Waals surface area contributed by atoms with Gasteiger partial charge in [-0.25, -0.2) is 14.8 Å². The van der Waals surface area contributed by atoms with E-state index in [1.165, 1.54) is 0 Å². The van der Waals surface area contributed by atoms with Crippen molar-refractivity contribution < 1.29 is 19.1 Å². The molecule has 0 saturated heterocycles. The minimum absolute atomic E-state index is 0.0855. The molecular weight excluding hydrogens is 460 g/mol. The van der Waals surface area contributed by atoms with Crippen molar-refractivity contribution in [2.24, 2.45) is 5.73 Å². The number of halogens is 1. The summed E-state index contributed by atoms with van der Waals surface area (Å²) in [5.74, 6) is -1.32. The molecule has 3 aromatic rings. The molecule has 1 heterocycles. The second-order valence-electron chi connectivity index (χ2n) is 8.53. The van der Waals surface area contributed by atoms with Crippen molar-refractivity contribution >= 4 is 52.0 Å².